The molecule has 50 heavy (non-hydrogen) atoms. The number of hydrogen-bond acceptors (Lipinski definition) is 8. The second-order valence-electron chi connectivity index (χ2n) is 12.3. The Kier molecular flexibility index (Phi) is 9.44. The number of epoxide rings is 2. The Hall–Kier alpha value is -5.58. The Labute approximate surface area is 290 Å². The van der Waals surface area contributed by atoms with Crippen molar-refractivity contribution in [2.45, 2.75) is 25.0 Å². The molecule has 2 fully saturated rings. The van der Waals surface area contributed by atoms with Crippen LogP contribution < -0.4 is 18.9 Å². The molecule has 0 aliphatic carbocycles. The predicted molar refractivity (Wildman–Crippen MR) is 189 cm³/mol. The van der Waals surface area contributed by atoms with Gasteiger partial charge in [0.25, 0.3) is 0 Å². The molecule has 0 N–H and O–H groups in total. The van der Waals surface area contributed by atoms with E-state index < -0.39 is 0 Å². The van der Waals surface area contributed by atoms with E-state index in [2.05, 4.69) is 9.97 Å². The zero-order valence-corrected chi connectivity index (χ0v) is 27.6. The summed E-state index contributed by atoms with van der Waals surface area (Å²) in [5.74, 6) is 3.35. The normalized spacial score (nSPS) is 16.2. The van der Waals surface area contributed by atoms with Gasteiger partial charge >= 0.3 is 0 Å². The maximum atomic E-state index is 5.98. The highest BCUT2D eigenvalue weighted by molar-refractivity contribution is 5.61. The summed E-state index contributed by atoms with van der Waals surface area (Å²) in [6.45, 7) is 4.02. The number of unbranched alkanes of at least 4 members (excludes halogenated alkanes) is 1. The third kappa shape index (κ3) is 8.34. The molecule has 4 heterocycles. The van der Waals surface area contributed by atoms with Gasteiger partial charge in [-0.15, -0.1) is 0 Å². The summed E-state index contributed by atoms with van der Waals surface area (Å²) in [4.78, 5) is 9.19. The van der Waals surface area contributed by atoms with Gasteiger partial charge in [-0.2, -0.15) is 0 Å². The molecule has 6 aromatic rings. The summed E-state index contributed by atoms with van der Waals surface area (Å²) < 4.78 is 37.8. The molecule has 2 aromatic heterocycles. The van der Waals surface area contributed by atoms with Gasteiger partial charge < -0.3 is 37.6 Å². The van der Waals surface area contributed by atoms with E-state index in [1.807, 2.05) is 131 Å². The second-order valence-corrected chi connectivity index (χ2v) is 12.3. The molecule has 2 aliphatic heterocycles. The highest BCUT2D eigenvalue weighted by Crippen LogP contribution is 2.26. The quantitative estimate of drug-likeness (QED) is 0.0744. The van der Waals surface area contributed by atoms with Crippen molar-refractivity contribution in [2.24, 2.45) is 0 Å². The van der Waals surface area contributed by atoms with Gasteiger partial charge in [0.2, 0.25) is 0 Å². The van der Waals surface area contributed by atoms with Crippen LogP contribution in [-0.4, -0.2) is 71.0 Å². The van der Waals surface area contributed by atoms with Crippen molar-refractivity contribution in [3.05, 3.63) is 122 Å². The lowest BCUT2D eigenvalue weighted by molar-refractivity contribution is 0.263. The number of benzene rings is 4. The third-order valence-electron chi connectivity index (χ3n) is 8.49. The van der Waals surface area contributed by atoms with E-state index in [4.69, 9.17) is 28.4 Å². The van der Waals surface area contributed by atoms with Gasteiger partial charge in [0.1, 0.15) is 48.4 Å². The van der Waals surface area contributed by atoms with E-state index in [1.54, 1.807) is 0 Å². The molecule has 0 radical (unpaired) electrons. The molecule has 4 aromatic carbocycles. The van der Waals surface area contributed by atoms with Crippen molar-refractivity contribution in [2.75, 3.05) is 39.6 Å². The van der Waals surface area contributed by atoms with E-state index >= 15 is 0 Å². The van der Waals surface area contributed by atoms with Crippen molar-refractivity contribution in [1.82, 2.24) is 19.1 Å². The highest BCUT2D eigenvalue weighted by Gasteiger charge is 2.23. The third-order valence-corrected chi connectivity index (χ3v) is 8.49. The molecule has 2 atom stereocenters. The van der Waals surface area contributed by atoms with Crippen LogP contribution in [0.25, 0.3) is 33.9 Å². The minimum Gasteiger partial charge on any atom is -0.494 e. The first-order chi connectivity index (χ1) is 24.7. The lowest BCUT2D eigenvalue weighted by Crippen LogP contribution is -2.03. The predicted octanol–water partition coefficient (Wildman–Crippen LogP) is 7.19. The van der Waals surface area contributed by atoms with Gasteiger partial charge in [-0.1, -0.05) is 0 Å². The summed E-state index contributed by atoms with van der Waals surface area (Å²) in [6, 6.07) is 32.1. The van der Waals surface area contributed by atoms with E-state index in [9.17, 15) is 0 Å². The number of imidazole rings is 2. The van der Waals surface area contributed by atoms with Crippen molar-refractivity contribution in [1.29, 1.82) is 0 Å². The van der Waals surface area contributed by atoms with Gasteiger partial charge in [-0.05, 0) is 110 Å². The Morgan fingerprint density at radius 3 is 1.24 bits per heavy atom. The molecule has 0 saturated carbocycles. The van der Waals surface area contributed by atoms with E-state index in [0.29, 0.717) is 26.4 Å². The molecule has 2 unspecified atom stereocenters. The molecule has 0 amide bonds. The maximum absolute atomic E-state index is 5.98. The highest BCUT2D eigenvalue weighted by atomic mass is 16.6. The smallest absolute Gasteiger partial charge is 0.119 e. The minimum absolute atomic E-state index is 0.243. The van der Waals surface area contributed by atoms with Gasteiger partial charge in [0.15, 0.2) is 0 Å². The lowest BCUT2D eigenvalue weighted by atomic mass is 10.1. The van der Waals surface area contributed by atoms with Crippen LogP contribution in [0, 0.1) is 0 Å². The van der Waals surface area contributed by atoms with E-state index in [-0.39, 0.29) is 12.2 Å². The number of ether oxygens (including phenoxy) is 6. The van der Waals surface area contributed by atoms with Crippen LogP contribution in [0.2, 0.25) is 0 Å². The largest absolute Gasteiger partial charge is 0.494 e. The van der Waals surface area contributed by atoms with Crippen LogP contribution in [-0.2, 0) is 9.47 Å². The molecule has 0 bridgehead atoms. The van der Waals surface area contributed by atoms with Gasteiger partial charge in [0, 0.05) is 34.9 Å². The van der Waals surface area contributed by atoms with Crippen molar-refractivity contribution < 1.29 is 28.4 Å². The number of rotatable bonds is 17. The molecule has 2 saturated heterocycles. The molecular formula is C40H38N4O6. The van der Waals surface area contributed by atoms with Crippen LogP contribution in [0.1, 0.15) is 12.8 Å². The van der Waals surface area contributed by atoms with Gasteiger partial charge in [0.05, 0.1) is 50.5 Å². The first kappa shape index (κ1) is 31.7. The molecule has 254 valence electrons. The van der Waals surface area contributed by atoms with E-state index in [0.717, 1.165) is 82.9 Å². The zero-order chi connectivity index (χ0) is 33.5. The monoisotopic (exact) mass is 670 g/mol. The standard InChI is InChI=1S/C40H38N4O6/c1(19-45-33-11-3-29(4-12-33)39-21-44(28-41-39)32-9-17-36(18-10-32)48-24-38-26-50-38)2-20-46-34-15-7-31(8-16-34)43-22-40(42-27-43)30-5-13-35(14-6-30)47-23-37-25-49-37/h3-18,21-22,27-28,37-38H,1-2,19-20,23-26H2. The van der Waals surface area contributed by atoms with Crippen molar-refractivity contribution in [3.63, 3.8) is 0 Å². The molecule has 0 spiro atoms. The van der Waals surface area contributed by atoms with Gasteiger partial charge in [-0.3, -0.25) is 0 Å². The van der Waals surface area contributed by atoms with Crippen molar-refractivity contribution >= 4 is 0 Å². The molecule has 8 rings (SSSR count). The average Bonchev–Trinajstić information content (AvgIpc) is 4.08. The van der Waals surface area contributed by atoms with E-state index in [1.165, 1.54) is 0 Å². The molecule has 10 nitrogen and oxygen atoms in total. The SMILES string of the molecule is c1cc(-c2cn(-c3ccc(OCC4CO4)cc3)cn2)ccc1OCCCCOc1ccc(-n2cnc(-c3ccc(OCC4CO4)cc3)c2)cc1. The summed E-state index contributed by atoms with van der Waals surface area (Å²) in [5, 5.41) is 0. The summed E-state index contributed by atoms with van der Waals surface area (Å²) in [5.41, 5.74) is 5.90. The summed E-state index contributed by atoms with van der Waals surface area (Å²) in [6.07, 6.45) is 9.96. The second kappa shape index (κ2) is 14.9. The van der Waals surface area contributed by atoms with Crippen LogP contribution in [0.3, 0.4) is 0 Å². The topological polar surface area (TPSA) is 97.6 Å². The number of nitrogens with zero attached hydrogens (tertiary/aromatic N) is 4. The fourth-order valence-electron chi connectivity index (χ4n) is 5.39. The first-order valence-electron chi connectivity index (χ1n) is 17.0. The van der Waals surface area contributed by atoms with Crippen LogP contribution in [0.5, 0.6) is 23.0 Å². The Balaban J connectivity index is 0.741. The molecule has 10 heteroatoms. The Morgan fingerprint density at radius 2 is 0.860 bits per heavy atom. The maximum Gasteiger partial charge on any atom is 0.119 e. The van der Waals surface area contributed by atoms with Crippen molar-refractivity contribution in [3.8, 4) is 56.9 Å². The fraction of sp³-hybridized carbons (Fsp3) is 0.250. The average molecular weight is 671 g/mol. The zero-order valence-electron chi connectivity index (χ0n) is 27.6. The Morgan fingerprint density at radius 1 is 0.500 bits per heavy atom. The van der Waals surface area contributed by atoms with Crippen LogP contribution in [0.4, 0.5) is 0 Å². The minimum atomic E-state index is 0.243. The van der Waals surface area contributed by atoms with Crippen LogP contribution in [0.15, 0.2) is 122 Å². The van der Waals surface area contributed by atoms with Gasteiger partial charge in [-0.25, -0.2) is 9.97 Å². The number of aromatic nitrogens is 4. The molecular weight excluding hydrogens is 632 g/mol. The molecule has 2 aliphatic rings. The summed E-state index contributed by atoms with van der Waals surface area (Å²) >= 11 is 0. The lowest BCUT2D eigenvalue weighted by Gasteiger charge is -2.09. The fourth-order valence-corrected chi connectivity index (χ4v) is 5.39. The Bertz CT molecular complexity index is 1820. The summed E-state index contributed by atoms with van der Waals surface area (Å²) in [7, 11) is 0. The first-order valence-corrected chi connectivity index (χ1v) is 17.0. The van der Waals surface area contributed by atoms with Crippen LogP contribution >= 0.6 is 0 Å². The number of hydrogen-bond donors (Lipinski definition) is 0.